The summed E-state index contributed by atoms with van der Waals surface area (Å²) in [6.07, 6.45) is 4.00. The number of nitrogens with one attached hydrogen (secondary N) is 1. The topological polar surface area (TPSA) is 49.4 Å². The summed E-state index contributed by atoms with van der Waals surface area (Å²) in [5.41, 5.74) is 0.977. The largest absolute Gasteiger partial charge is 0.310 e. The molecule has 2 rings (SSSR count). The average Bonchev–Trinajstić information content (AvgIpc) is 3.22. The molecule has 1 aromatic rings. The number of halogens is 1. The fraction of sp³-hybridized carbons (Fsp3) is 0.429. The fourth-order valence-corrected chi connectivity index (χ4v) is 3.97. The van der Waals surface area contributed by atoms with Gasteiger partial charge in [-0.2, -0.15) is 4.31 Å². The monoisotopic (exact) mass is 358 g/mol. The Morgan fingerprint density at radius 3 is 2.80 bits per heavy atom. The maximum absolute atomic E-state index is 12.5. The summed E-state index contributed by atoms with van der Waals surface area (Å²) < 4.78 is 26.8. The third-order valence-corrected chi connectivity index (χ3v) is 6.06. The van der Waals surface area contributed by atoms with Gasteiger partial charge < -0.3 is 5.32 Å². The molecule has 0 atom stereocenters. The van der Waals surface area contributed by atoms with Gasteiger partial charge in [-0.15, -0.1) is 6.58 Å². The summed E-state index contributed by atoms with van der Waals surface area (Å²) in [4.78, 5) is 0.303. The first kappa shape index (κ1) is 15.7. The Bertz CT molecular complexity index is 597. The predicted octanol–water partition coefficient (Wildman–Crippen LogP) is 2.51. The molecule has 0 heterocycles. The van der Waals surface area contributed by atoms with E-state index in [0.717, 1.165) is 5.56 Å². The molecule has 110 valence electrons. The molecular weight excluding hydrogens is 340 g/mol. The van der Waals surface area contributed by atoms with Gasteiger partial charge in [-0.1, -0.05) is 12.1 Å². The molecule has 1 aliphatic carbocycles. The Labute approximate surface area is 129 Å². The highest BCUT2D eigenvalue weighted by molar-refractivity contribution is 9.10. The van der Waals surface area contributed by atoms with Gasteiger partial charge >= 0.3 is 0 Å². The number of nitrogens with zero attached hydrogens (tertiary/aromatic N) is 1. The Morgan fingerprint density at radius 1 is 1.50 bits per heavy atom. The summed E-state index contributed by atoms with van der Waals surface area (Å²) in [5.74, 6) is 0. The Balaban J connectivity index is 2.24. The van der Waals surface area contributed by atoms with Crippen LogP contribution in [0.1, 0.15) is 18.4 Å². The van der Waals surface area contributed by atoms with Crippen LogP contribution in [0.3, 0.4) is 0 Å². The highest BCUT2D eigenvalue weighted by Crippen LogP contribution is 2.26. The lowest BCUT2D eigenvalue weighted by Gasteiger charge is -2.17. The first-order chi connectivity index (χ1) is 9.45. The van der Waals surface area contributed by atoms with Gasteiger partial charge in [0.1, 0.15) is 0 Å². The first-order valence-corrected chi connectivity index (χ1v) is 8.77. The van der Waals surface area contributed by atoms with E-state index in [2.05, 4.69) is 27.8 Å². The van der Waals surface area contributed by atoms with Crippen LogP contribution in [0.5, 0.6) is 0 Å². The van der Waals surface area contributed by atoms with E-state index in [4.69, 9.17) is 0 Å². The van der Waals surface area contributed by atoms with Gasteiger partial charge in [-0.05, 0) is 46.5 Å². The summed E-state index contributed by atoms with van der Waals surface area (Å²) in [7, 11) is -1.94. The van der Waals surface area contributed by atoms with Crippen LogP contribution in [0.25, 0.3) is 0 Å². The van der Waals surface area contributed by atoms with Crippen LogP contribution in [0.15, 0.2) is 40.2 Å². The summed E-state index contributed by atoms with van der Waals surface area (Å²) in [5, 5.41) is 3.39. The van der Waals surface area contributed by atoms with Crippen molar-refractivity contribution < 1.29 is 8.42 Å². The molecule has 0 aliphatic heterocycles. The second kappa shape index (κ2) is 6.39. The lowest BCUT2D eigenvalue weighted by Crippen LogP contribution is -2.27. The molecule has 1 saturated carbocycles. The maximum Gasteiger partial charge on any atom is 0.244 e. The number of hydrogen-bond donors (Lipinski definition) is 1. The van der Waals surface area contributed by atoms with E-state index < -0.39 is 10.0 Å². The van der Waals surface area contributed by atoms with Crippen LogP contribution in [0, 0.1) is 0 Å². The fourth-order valence-electron chi connectivity index (χ4n) is 1.85. The predicted molar refractivity (Wildman–Crippen MR) is 84.0 cm³/mol. The van der Waals surface area contributed by atoms with Crippen molar-refractivity contribution in [2.24, 2.45) is 0 Å². The van der Waals surface area contributed by atoms with E-state index in [-0.39, 0.29) is 0 Å². The van der Waals surface area contributed by atoms with Crippen LogP contribution in [0.2, 0.25) is 0 Å². The SMILES string of the molecule is C=CCN(C)S(=O)(=O)c1cc(CNC2CC2)ccc1Br. The van der Waals surface area contributed by atoms with Gasteiger partial charge in [-0.3, -0.25) is 0 Å². The van der Waals surface area contributed by atoms with Crippen molar-refractivity contribution in [2.75, 3.05) is 13.6 Å². The molecule has 4 nitrogen and oxygen atoms in total. The normalized spacial score (nSPS) is 15.6. The summed E-state index contributed by atoms with van der Waals surface area (Å²) in [6, 6.07) is 6.06. The van der Waals surface area contributed by atoms with E-state index in [1.54, 1.807) is 25.3 Å². The van der Waals surface area contributed by atoms with E-state index in [1.165, 1.54) is 17.1 Å². The zero-order valence-corrected chi connectivity index (χ0v) is 13.9. The van der Waals surface area contributed by atoms with Crippen LogP contribution in [-0.4, -0.2) is 32.4 Å². The van der Waals surface area contributed by atoms with Gasteiger partial charge in [0, 0.05) is 30.7 Å². The van der Waals surface area contributed by atoms with Gasteiger partial charge in [0.25, 0.3) is 0 Å². The van der Waals surface area contributed by atoms with Crippen molar-refractivity contribution in [1.82, 2.24) is 9.62 Å². The smallest absolute Gasteiger partial charge is 0.244 e. The van der Waals surface area contributed by atoms with Crippen LogP contribution in [-0.2, 0) is 16.6 Å². The van der Waals surface area contributed by atoms with E-state index in [0.29, 0.717) is 28.5 Å². The minimum Gasteiger partial charge on any atom is -0.310 e. The van der Waals surface area contributed by atoms with Crippen molar-refractivity contribution in [3.63, 3.8) is 0 Å². The lowest BCUT2D eigenvalue weighted by atomic mass is 10.2. The number of benzene rings is 1. The highest BCUT2D eigenvalue weighted by Gasteiger charge is 2.24. The molecular formula is C14H19BrN2O2S. The van der Waals surface area contributed by atoms with Crippen LogP contribution in [0.4, 0.5) is 0 Å². The molecule has 0 saturated heterocycles. The van der Waals surface area contributed by atoms with Gasteiger partial charge in [0.15, 0.2) is 0 Å². The second-order valence-electron chi connectivity index (χ2n) is 4.99. The zero-order chi connectivity index (χ0) is 14.8. The molecule has 6 heteroatoms. The van der Waals surface area contributed by atoms with Crippen molar-refractivity contribution in [3.8, 4) is 0 Å². The minimum absolute atomic E-state index is 0.291. The number of likely N-dealkylation sites (N-methyl/N-ethyl adjacent to an activating group) is 1. The quantitative estimate of drug-likeness (QED) is 0.761. The number of rotatable bonds is 7. The molecule has 0 spiro atoms. The minimum atomic E-state index is -3.49. The zero-order valence-electron chi connectivity index (χ0n) is 11.5. The molecule has 1 aromatic carbocycles. The molecule has 1 N–H and O–H groups in total. The van der Waals surface area contributed by atoms with E-state index in [9.17, 15) is 8.42 Å². The lowest BCUT2D eigenvalue weighted by molar-refractivity contribution is 0.498. The van der Waals surface area contributed by atoms with E-state index >= 15 is 0 Å². The van der Waals surface area contributed by atoms with Gasteiger partial charge in [0.2, 0.25) is 10.0 Å². The molecule has 1 aliphatic rings. The molecule has 0 amide bonds. The average molecular weight is 359 g/mol. The Hall–Kier alpha value is -0.690. The second-order valence-corrected chi connectivity index (χ2v) is 7.86. The van der Waals surface area contributed by atoms with Crippen molar-refractivity contribution >= 4 is 26.0 Å². The molecule has 1 fully saturated rings. The number of hydrogen-bond acceptors (Lipinski definition) is 3. The van der Waals surface area contributed by atoms with E-state index in [1.807, 2.05) is 6.07 Å². The maximum atomic E-state index is 12.5. The van der Waals surface area contributed by atoms with Crippen molar-refractivity contribution in [3.05, 3.63) is 40.9 Å². The Kier molecular flexibility index (Phi) is 5.01. The summed E-state index contributed by atoms with van der Waals surface area (Å²) >= 11 is 3.33. The molecule has 0 unspecified atom stereocenters. The Morgan fingerprint density at radius 2 is 2.20 bits per heavy atom. The molecule has 0 radical (unpaired) electrons. The van der Waals surface area contributed by atoms with Crippen LogP contribution < -0.4 is 5.32 Å². The first-order valence-electron chi connectivity index (χ1n) is 6.54. The van der Waals surface area contributed by atoms with Crippen molar-refractivity contribution in [2.45, 2.75) is 30.3 Å². The van der Waals surface area contributed by atoms with Crippen LogP contribution >= 0.6 is 15.9 Å². The third-order valence-electron chi connectivity index (χ3n) is 3.24. The van der Waals surface area contributed by atoms with Gasteiger partial charge in [-0.25, -0.2) is 8.42 Å². The molecule has 20 heavy (non-hydrogen) atoms. The highest BCUT2D eigenvalue weighted by atomic mass is 79.9. The summed E-state index contributed by atoms with van der Waals surface area (Å²) in [6.45, 7) is 4.57. The third kappa shape index (κ3) is 3.69. The molecule has 0 bridgehead atoms. The number of sulfonamides is 1. The van der Waals surface area contributed by atoms with Crippen molar-refractivity contribution in [1.29, 1.82) is 0 Å². The standard InChI is InChI=1S/C14H19BrN2O2S/c1-3-8-17(2)20(18,19)14-9-11(4-7-13(14)15)10-16-12-5-6-12/h3-4,7,9,12,16H,1,5-6,8,10H2,2H3. The van der Waals surface area contributed by atoms with Gasteiger partial charge in [0.05, 0.1) is 4.90 Å². The molecule has 0 aromatic heterocycles.